The molecule has 0 spiro atoms. The van der Waals surface area contributed by atoms with E-state index in [2.05, 4.69) is 0 Å². The predicted molar refractivity (Wildman–Crippen MR) is 146 cm³/mol. The zero-order chi connectivity index (χ0) is 26.9. The Labute approximate surface area is 225 Å². The van der Waals surface area contributed by atoms with Gasteiger partial charge in [0.25, 0.3) is 11.7 Å². The summed E-state index contributed by atoms with van der Waals surface area (Å²) in [6.45, 7) is 2.36. The lowest BCUT2D eigenvalue weighted by Gasteiger charge is -2.25. The maximum absolute atomic E-state index is 13.4. The molecule has 7 nitrogen and oxygen atoms in total. The van der Waals surface area contributed by atoms with Gasteiger partial charge in [0.2, 0.25) is 6.79 Å². The number of Topliss-reactive ketones (excluding diaryl/α,β-unsaturated/α-hetero) is 1. The summed E-state index contributed by atoms with van der Waals surface area (Å²) in [4.78, 5) is 28.3. The molecule has 0 bridgehead atoms. The molecule has 1 saturated heterocycles. The van der Waals surface area contributed by atoms with E-state index in [1.54, 1.807) is 36.4 Å². The zero-order valence-corrected chi connectivity index (χ0v) is 21.2. The van der Waals surface area contributed by atoms with Crippen LogP contribution in [0.25, 0.3) is 5.76 Å². The molecule has 2 aliphatic heterocycles. The number of amides is 1. The van der Waals surface area contributed by atoms with Crippen LogP contribution in [0.2, 0.25) is 0 Å². The quantitative estimate of drug-likeness (QED) is 0.193. The van der Waals surface area contributed by atoms with Gasteiger partial charge >= 0.3 is 0 Å². The molecule has 1 amide bonds. The Kier molecular flexibility index (Phi) is 6.25. The minimum absolute atomic E-state index is 0.0150. The van der Waals surface area contributed by atoms with Crippen LogP contribution in [-0.4, -0.2) is 23.6 Å². The molecule has 1 unspecified atom stereocenters. The van der Waals surface area contributed by atoms with Gasteiger partial charge < -0.3 is 19.3 Å². The molecule has 0 saturated carbocycles. The van der Waals surface area contributed by atoms with Crippen LogP contribution in [0.5, 0.6) is 17.2 Å². The summed E-state index contributed by atoms with van der Waals surface area (Å²) < 4.78 is 16.9. The maximum Gasteiger partial charge on any atom is 0.300 e. The number of aliphatic hydroxyl groups is 1. The van der Waals surface area contributed by atoms with E-state index in [0.717, 1.165) is 11.1 Å². The Balaban J connectivity index is 1.39. The summed E-state index contributed by atoms with van der Waals surface area (Å²) in [5, 5.41) is 11.5. The maximum atomic E-state index is 13.4. The highest BCUT2D eigenvalue weighted by Crippen LogP contribution is 2.45. The second-order valence-corrected chi connectivity index (χ2v) is 9.37. The number of hydrogen-bond acceptors (Lipinski definition) is 6. The third-order valence-electron chi connectivity index (χ3n) is 6.88. The number of anilines is 1. The molecule has 1 fully saturated rings. The first-order valence-corrected chi connectivity index (χ1v) is 12.5. The lowest BCUT2D eigenvalue weighted by molar-refractivity contribution is -0.132. The SMILES string of the molecule is Cc1cc(/C(O)=C2\C(=O)C(=O)N(c3ccc4c(c3)OCO4)C2c2ccccc2)ccc1OCc1ccccc1. The number of ketones is 1. The molecule has 4 aromatic rings. The summed E-state index contributed by atoms with van der Waals surface area (Å²) in [5.41, 5.74) is 3.42. The average Bonchev–Trinajstić information content (AvgIpc) is 3.54. The molecule has 39 heavy (non-hydrogen) atoms. The summed E-state index contributed by atoms with van der Waals surface area (Å²) in [5.74, 6) is -0.0246. The number of carbonyl (C=O) groups is 2. The molecular weight excluding hydrogens is 494 g/mol. The first-order chi connectivity index (χ1) is 19.0. The lowest BCUT2D eigenvalue weighted by atomic mass is 9.94. The van der Waals surface area contributed by atoms with Crippen molar-refractivity contribution < 1.29 is 28.9 Å². The van der Waals surface area contributed by atoms with Gasteiger partial charge in [0.05, 0.1) is 11.6 Å². The Morgan fingerprint density at radius 3 is 2.36 bits per heavy atom. The van der Waals surface area contributed by atoms with Gasteiger partial charge in [-0.05, 0) is 53.9 Å². The largest absolute Gasteiger partial charge is 0.507 e. The van der Waals surface area contributed by atoms with Crippen LogP contribution < -0.4 is 19.1 Å². The number of rotatable bonds is 6. The minimum atomic E-state index is -0.833. The van der Waals surface area contributed by atoms with Crippen molar-refractivity contribution in [3.05, 3.63) is 125 Å². The molecule has 1 atom stereocenters. The number of carbonyl (C=O) groups excluding carboxylic acids is 2. The fourth-order valence-corrected chi connectivity index (χ4v) is 4.93. The molecule has 0 aromatic heterocycles. The van der Waals surface area contributed by atoms with Crippen molar-refractivity contribution in [3.8, 4) is 17.2 Å². The molecule has 2 aliphatic rings. The van der Waals surface area contributed by atoms with Crippen LogP contribution in [0.3, 0.4) is 0 Å². The van der Waals surface area contributed by atoms with Gasteiger partial charge in [-0.3, -0.25) is 14.5 Å². The fourth-order valence-electron chi connectivity index (χ4n) is 4.93. The van der Waals surface area contributed by atoms with Crippen LogP contribution in [0, 0.1) is 6.92 Å². The number of benzene rings is 4. The van der Waals surface area contributed by atoms with Crippen molar-refractivity contribution in [2.45, 2.75) is 19.6 Å². The summed E-state index contributed by atoms with van der Waals surface area (Å²) in [6, 6.07) is 28.5. The number of hydrogen-bond donors (Lipinski definition) is 1. The molecular formula is C32H25NO6. The van der Waals surface area contributed by atoms with Gasteiger partial charge in [-0.15, -0.1) is 0 Å². The molecule has 194 valence electrons. The van der Waals surface area contributed by atoms with Crippen molar-refractivity contribution in [2.24, 2.45) is 0 Å². The van der Waals surface area contributed by atoms with Gasteiger partial charge in [-0.25, -0.2) is 0 Å². The highest BCUT2D eigenvalue weighted by Gasteiger charge is 2.47. The van der Waals surface area contributed by atoms with Crippen molar-refractivity contribution in [3.63, 3.8) is 0 Å². The number of ether oxygens (including phenoxy) is 3. The predicted octanol–water partition coefficient (Wildman–Crippen LogP) is 5.93. The second-order valence-electron chi connectivity index (χ2n) is 9.37. The van der Waals surface area contributed by atoms with Crippen LogP contribution in [0.1, 0.15) is 28.3 Å². The van der Waals surface area contributed by atoms with Crippen molar-refractivity contribution in [1.29, 1.82) is 0 Å². The molecule has 4 aromatic carbocycles. The monoisotopic (exact) mass is 519 g/mol. The van der Waals surface area contributed by atoms with E-state index >= 15 is 0 Å². The Morgan fingerprint density at radius 2 is 1.62 bits per heavy atom. The summed E-state index contributed by atoms with van der Waals surface area (Å²) in [6.07, 6.45) is 0. The molecule has 6 rings (SSSR count). The van der Waals surface area contributed by atoms with E-state index in [9.17, 15) is 14.7 Å². The summed E-state index contributed by atoms with van der Waals surface area (Å²) >= 11 is 0. The van der Waals surface area contributed by atoms with E-state index in [4.69, 9.17) is 14.2 Å². The number of aryl methyl sites for hydroxylation is 1. The lowest BCUT2D eigenvalue weighted by Crippen LogP contribution is -2.29. The smallest absolute Gasteiger partial charge is 0.300 e. The molecule has 0 radical (unpaired) electrons. The van der Waals surface area contributed by atoms with E-state index in [1.807, 2.05) is 67.6 Å². The highest BCUT2D eigenvalue weighted by molar-refractivity contribution is 6.51. The van der Waals surface area contributed by atoms with Gasteiger partial charge in [-0.1, -0.05) is 60.7 Å². The Bertz CT molecular complexity index is 1600. The van der Waals surface area contributed by atoms with Crippen molar-refractivity contribution >= 4 is 23.1 Å². The van der Waals surface area contributed by atoms with Gasteiger partial charge in [0, 0.05) is 17.3 Å². The minimum Gasteiger partial charge on any atom is -0.507 e. The first-order valence-electron chi connectivity index (χ1n) is 12.5. The van der Waals surface area contributed by atoms with Crippen molar-refractivity contribution in [1.82, 2.24) is 0 Å². The third kappa shape index (κ3) is 4.48. The molecule has 7 heteroatoms. The van der Waals surface area contributed by atoms with Crippen LogP contribution in [0.15, 0.2) is 103 Å². The number of nitrogens with zero attached hydrogens (tertiary/aromatic N) is 1. The van der Waals surface area contributed by atoms with Crippen LogP contribution >= 0.6 is 0 Å². The van der Waals surface area contributed by atoms with Crippen LogP contribution in [0.4, 0.5) is 5.69 Å². The van der Waals surface area contributed by atoms with E-state index < -0.39 is 17.7 Å². The van der Waals surface area contributed by atoms with Crippen LogP contribution in [-0.2, 0) is 16.2 Å². The number of fused-ring (bicyclic) bond motifs is 1. The van der Waals surface area contributed by atoms with E-state index in [1.165, 1.54) is 4.90 Å². The van der Waals surface area contributed by atoms with Gasteiger partial charge in [0.1, 0.15) is 18.1 Å². The standard InChI is InChI=1S/C32H25NO6/c1-20-16-23(12-14-25(20)37-18-21-8-4-2-5-9-21)30(34)28-29(22-10-6-3-7-11-22)33(32(36)31(28)35)24-13-15-26-27(17-24)39-19-38-26/h2-17,29,34H,18-19H2,1H3/b30-28+. The Morgan fingerprint density at radius 1 is 0.897 bits per heavy atom. The summed E-state index contributed by atoms with van der Waals surface area (Å²) in [7, 11) is 0. The van der Waals surface area contributed by atoms with Gasteiger partial charge in [0.15, 0.2) is 11.5 Å². The highest BCUT2D eigenvalue weighted by atomic mass is 16.7. The van der Waals surface area contributed by atoms with Gasteiger partial charge in [-0.2, -0.15) is 0 Å². The Hall–Kier alpha value is -5.04. The molecule has 2 heterocycles. The first kappa shape index (κ1) is 24.3. The number of aliphatic hydroxyl groups excluding tert-OH is 1. The fraction of sp³-hybridized carbons (Fsp3) is 0.125. The molecule has 0 aliphatic carbocycles. The van der Waals surface area contributed by atoms with Crippen molar-refractivity contribution in [2.75, 3.05) is 11.7 Å². The third-order valence-corrected chi connectivity index (χ3v) is 6.88. The molecule has 1 N–H and O–H groups in total. The average molecular weight is 520 g/mol. The zero-order valence-electron chi connectivity index (χ0n) is 21.2. The normalized spacial score (nSPS) is 17.5. The van der Waals surface area contributed by atoms with E-state index in [-0.39, 0.29) is 18.1 Å². The topological polar surface area (TPSA) is 85.3 Å². The second kappa shape index (κ2) is 10.0. The van der Waals surface area contributed by atoms with E-state index in [0.29, 0.717) is 40.7 Å².